The van der Waals surface area contributed by atoms with Gasteiger partial charge in [-0.05, 0) is 41.5 Å². The van der Waals surface area contributed by atoms with Crippen molar-refractivity contribution in [1.82, 2.24) is 4.98 Å². The van der Waals surface area contributed by atoms with E-state index in [9.17, 15) is 17.6 Å². The first-order valence-electron chi connectivity index (χ1n) is 8.05. The van der Waals surface area contributed by atoms with Gasteiger partial charge in [-0.1, -0.05) is 49.7 Å². The van der Waals surface area contributed by atoms with E-state index in [1.807, 2.05) is 26.0 Å². The number of hydrogen-bond donors (Lipinski definition) is 0. The summed E-state index contributed by atoms with van der Waals surface area (Å²) in [6, 6.07) is 10.1. The van der Waals surface area contributed by atoms with E-state index in [4.69, 9.17) is 11.6 Å². The molecule has 0 fully saturated rings. The second kappa shape index (κ2) is 8.17. The predicted octanol–water partition coefficient (Wildman–Crippen LogP) is 6.48. The molecule has 136 valence electrons. The molecule has 0 aliphatic rings. The van der Waals surface area contributed by atoms with Crippen LogP contribution in [0.5, 0.6) is 0 Å². The molecule has 1 aromatic carbocycles. The summed E-state index contributed by atoms with van der Waals surface area (Å²) in [5.74, 6) is -3.78. The number of pyridine rings is 1. The molecule has 2 atom stereocenters. The normalized spacial score (nSPS) is 14.6. The molecule has 6 heteroatoms. The van der Waals surface area contributed by atoms with E-state index in [2.05, 4.69) is 4.98 Å². The molecule has 1 heterocycles. The smallest absolute Gasteiger partial charge is 0.259 e. The highest BCUT2D eigenvalue weighted by Crippen LogP contribution is 2.31. The van der Waals surface area contributed by atoms with Gasteiger partial charge in [0.2, 0.25) is 0 Å². The van der Waals surface area contributed by atoms with Crippen molar-refractivity contribution in [1.29, 1.82) is 0 Å². The molecule has 0 amide bonds. The van der Waals surface area contributed by atoms with E-state index in [-0.39, 0.29) is 17.4 Å². The summed E-state index contributed by atoms with van der Waals surface area (Å²) < 4.78 is 51.3. The number of halogens is 5. The molecule has 0 saturated heterocycles. The maximum Gasteiger partial charge on any atom is 0.311 e. The maximum absolute atomic E-state index is 13.3. The lowest BCUT2D eigenvalue weighted by Gasteiger charge is -2.19. The van der Waals surface area contributed by atoms with Gasteiger partial charge >= 0.3 is 12.3 Å². The van der Waals surface area contributed by atoms with Crippen LogP contribution >= 0.6 is 11.6 Å². The Morgan fingerprint density at radius 3 is 2.40 bits per heavy atom. The van der Waals surface area contributed by atoms with Gasteiger partial charge in [0.25, 0.3) is 0 Å². The highest BCUT2D eigenvalue weighted by molar-refractivity contribution is 6.30. The van der Waals surface area contributed by atoms with Gasteiger partial charge in [0.1, 0.15) is 0 Å². The Morgan fingerprint density at radius 1 is 1.08 bits per heavy atom. The van der Waals surface area contributed by atoms with Gasteiger partial charge in [-0.2, -0.15) is 8.78 Å². The van der Waals surface area contributed by atoms with Crippen molar-refractivity contribution >= 4 is 11.6 Å². The van der Waals surface area contributed by atoms with Crippen molar-refractivity contribution in [3.8, 4) is 0 Å². The molecule has 0 saturated carbocycles. The minimum Gasteiger partial charge on any atom is -0.259 e. The van der Waals surface area contributed by atoms with Gasteiger partial charge < -0.3 is 0 Å². The van der Waals surface area contributed by atoms with Gasteiger partial charge in [0, 0.05) is 18.3 Å². The quantitative estimate of drug-likeness (QED) is 0.506. The zero-order chi connectivity index (χ0) is 18.6. The molecule has 0 aliphatic carbocycles. The molecule has 2 unspecified atom stereocenters. The fourth-order valence-electron chi connectivity index (χ4n) is 2.82. The average molecular weight is 374 g/mol. The Morgan fingerprint density at radius 2 is 1.80 bits per heavy atom. The van der Waals surface area contributed by atoms with E-state index >= 15 is 0 Å². The summed E-state index contributed by atoms with van der Waals surface area (Å²) in [5, 5.41) is 0.566. The third-order valence-electron chi connectivity index (χ3n) is 4.24. The molecule has 0 radical (unpaired) electrons. The fourth-order valence-corrected chi connectivity index (χ4v) is 2.94. The number of benzene rings is 1. The van der Waals surface area contributed by atoms with Crippen LogP contribution in [0.4, 0.5) is 17.6 Å². The van der Waals surface area contributed by atoms with E-state index < -0.39 is 18.8 Å². The minimum atomic E-state index is -4.01. The molecule has 2 aromatic rings. The molecular formula is C19H20ClF4N. The highest BCUT2D eigenvalue weighted by atomic mass is 35.5. The first-order valence-corrected chi connectivity index (χ1v) is 8.43. The minimum absolute atomic E-state index is 0.0765. The second-order valence-electron chi connectivity index (χ2n) is 6.42. The van der Waals surface area contributed by atoms with Crippen LogP contribution in [-0.2, 0) is 6.42 Å². The largest absolute Gasteiger partial charge is 0.311 e. The molecule has 1 aromatic heterocycles. The van der Waals surface area contributed by atoms with Crippen LogP contribution in [0.15, 0.2) is 42.6 Å². The van der Waals surface area contributed by atoms with E-state index in [1.54, 1.807) is 24.4 Å². The number of alkyl halides is 4. The first-order chi connectivity index (χ1) is 11.7. The number of hydrogen-bond acceptors (Lipinski definition) is 1. The SMILES string of the molecule is CC(CC(C)c1ccc(Cl)cn1)c1cccc(CC(F)(F)C(F)F)c1. The molecule has 0 bridgehead atoms. The zero-order valence-electron chi connectivity index (χ0n) is 14.0. The fraction of sp³-hybridized carbons (Fsp3) is 0.421. The first kappa shape index (κ1) is 19.7. The Balaban J connectivity index is 2.07. The number of nitrogens with zero attached hydrogens (tertiary/aromatic N) is 1. The predicted molar refractivity (Wildman–Crippen MR) is 91.8 cm³/mol. The van der Waals surface area contributed by atoms with Crippen LogP contribution in [0.25, 0.3) is 0 Å². The lowest BCUT2D eigenvalue weighted by atomic mass is 9.88. The molecule has 25 heavy (non-hydrogen) atoms. The van der Waals surface area contributed by atoms with E-state index in [0.717, 1.165) is 17.7 Å². The molecular weight excluding hydrogens is 354 g/mol. The summed E-state index contributed by atoms with van der Waals surface area (Å²) >= 11 is 5.83. The summed E-state index contributed by atoms with van der Waals surface area (Å²) in [5.41, 5.74) is 1.96. The maximum atomic E-state index is 13.3. The van der Waals surface area contributed by atoms with Crippen LogP contribution in [0.3, 0.4) is 0 Å². The Labute approximate surface area is 150 Å². The standard InChI is InChI=1S/C19H20ClF4N/c1-12(8-13(2)17-7-6-16(20)11-25-17)15-5-3-4-14(9-15)10-19(23,24)18(21)22/h3-7,9,11-13,18H,8,10H2,1-2H3. The van der Waals surface area contributed by atoms with Crippen molar-refractivity contribution < 1.29 is 17.6 Å². The van der Waals surface area contributed by atoms with Gasteiger partial charge in [0.15, 0.2) is 0 Å². The lowest BCUT2D eigenvalue weighted by Crippen LogP contribution is -2.29. The molecule has 2 rings (SSSR count). The number of aromatic nitrogens is 1. The Hall–Kier alpha value is -1.62. The van der Waals surface area contributed by atoms with E-state index in [1.165, 1.54) is 6.07 Å². The molecule has 0 spiro atoms. The van der Waals surface area contributed by atoms with Crippen LogP contribution < -0.4 is 0 Å². The lowest BCUT2D eigenvalue weighted by molar-refractivity contribution is -0.127. The topological polar surface area (TPSA) is 12.9 Å². The van der Waals surface area contributed by atoms with Gasteiger partial charge in [0.05, 0.1) is 5.02 Å². The molecule has 0 aliphatic heterocycles. The van der Waals surface area contributed by atoms with Crippen LogP contribution in [-0.4, -0.2) is 17.3 Å². The monoisotopic (exact) mass is 373 g/mol. The van der Waals surface area contributed by atoms with Crippen LogP contribution in [0.1, 0.15) is 48.9 Å². The number of rotatable bonds is 7. The van der Waals surface area contributed by atoms with Gasteiger partial charge in [-0.3, -0.25) is 4.98 Å². The summed E-state index contributed by atoms with van der Waals surface area (Å²) in [6.45, 7) is 4.01. The molecule has 1 nitrogen and oxygen atoms in total. The summed E-state index contributed by atoms with van der Waals surface area (Å²) in [6.07, 6.45) is -2.28. The molecule has 0 N–H and O–H groups in total. The summed E-state index contributed by atoms with van der Waals surface area (Å²) in [4.78, 5) is 4.30. The Kier molecular flexibility index (Phi) is 6.44. The third-order valence-corrected chi connectivity index (χ3v) is 4.47. The van der Waals surface area contributed by atoms with E-state index in [0.29, 0.717) is 5.02 Å². The van der Waals surface area contributed by atoms with Crippen molar-refractivity contribution in [3.05, 3.63) is 64.4 Å². The zero-order valence-corrected chi connectivity index (χ0v) is 14.8. The Bertz CT molecular complexity index is 688. The summed E-state index contributed by atoms with van der Waals surface area (Å²) in [7, 11) is 0. The van der Waals surface area contributed by atoms with Gasteiger partial charge in [-0.15, -0.1) is 0 Å². The average Bonchev–Trinajstić information content (AvgIpc) is 2.55. The van der Waals surface area contributed by atoms with Crippen molar-refractivity contribution in [3.63, 3.8) is 0 Å². The van der Waals surface area contributed by atoms with Crippen molar-refractivity contribution in [2.45, 2.75) is 50.9 Å². The third kappa shape index (κ3) is 5.43. The van der Waals surface area contributed by atoms with Gasteiger partial charge in [-0.25, -0.2) is 8.78 Å². The van der Waals surface area contributed by atoms with Crippen molar-refractivity contribution in [2.24, 2.45) is 0 Å². The second-order valence-corrected chi connectivity index (χ2v) is 6.86. The van der Waals surface area contributed by atoms with Crippen molar-refractivity contribution in [2.75, 3.05) is 0 Å². The highest BCUT2D eigenvalue weighted by Gasteiger charge is 2.40. The van der Waals surface area contributed by atoms with Crippen LogP contribution in [0.2, 0.25) is 5.02 Å². The van der Waals surface area contributed by atoms with Crippen LogP contribution in [0, 0.1) is 0 Å².